The molecule has 11 nitrogen and oxygen atoms in total. The van der Waals surface area contributed by atoms with Crippen LogP contribution in [0.4, 0.5) is 24.7 Å². The number of hydrogen-bond donors (Lipinski definition) is 2. The quantitative estimate of drug-likeness (QED) is 0.259. The first-order chi connectivity index (χ1) is 18.6. The molecule has 1 aliphatic rings. The molecular formula is C24H21ClF3N9O2. The van der Waals surface area contributed by atoms with Crippen molar-refractivity contribution in [2.75, 3.05) is 37.4 Å². The number of nitrogen functional groups attached to an aromatic ring is 1. The maximum Gasteiger partial charge on any atom is 0.504 e. The smallest absolute Gasteiger partial charge is 0.476 e. The molecule has 1 fully saturated rings. The van der Waals surface area contributed by atoms with Crippen molar-refractivity contribution in [3.63, 3.8) is 0 Å². The molecule has 39 heavy (non-hydrogen) atoms. The number of alkyl halides is 3. The fourth-order valence-electron chi connectivity index (χ4n) is 3.73. The lowest BCUT2D eigenvalue weighted by Crippen LogP contribution is -2.52. The third-order valence-corrected chi connectivity index (χ3v) is 6.05. The van der Waals surface area contributed by atoms with Crippen LogP contribution in [0.25, 0.3) is 11.4 Å². The van der Waals surface area contributed by atoms with E-state index in [0.29, 0.717) is 54.1 Å². The number of nitrogens with zero attached hydrogens (tertiary/aromatic N) is 7. The Morgan fingerprint density at radius 1 is 1.21 bits per heavy atom. The van der Waals surface area contributed by atoms with Gasteiger partial charge in [0.25, 0.3) is 0 Å². The van der Waals surface area contributed by atoms with Gasteiger partial charge in [0.1, 0.15) is 23.1 Å². The standard InChI is InChI=1S/C24H21ClF3N9O2/c1-36-22(17(9-33-36)21-30-5-4-20(29)35-21)39-14-23(12-38-13-23)11-32-18-6-19(25)31-8-16(18)3-2-15-7-34-37(10-15)24(26,27)28/h4-10H,11-14H2,1H3,(H,31,32)(H2,29,30,35). The second-order valence-corrected chi connectivity index (χ2v) is 9.26. The summed E-state index contributed by atoms with van der Waals surface area (Å²) in [5.41, 5.74) is 7.11. The summed E-state index contributed by atoms with van der Waals surface area (Å²) in [4.78, 5) is 12.5. The van der Waals surface area contributed by atoms with Gasteiger partial charge in [-0.3, -0.25) is 0 Å². The number of nitrogens with two attached hydrogens (primary N) is 1. The third kappa shape index (κ3) is 5.89. The Kier molecular flexibility index (Phi) is 7.02. The van der Waals surface area contributed by atoms with Crippen LogP contribution < -0.4 is 15.8 Å². The topological polar surface area (TPSA) is 131 Å². The summed E-state index contributed by atoms with van der Waals surface area (Å²) in [5, 5.41) is 11.1. The van der Waals surface area contributed by atoms with E-state index >= 15 is 0 Å². The first-order valence-electron chi connectivity index (χ1n) is 11.5. The minimum atomic E-state index is -4.62. The van der Waals surface area contributed by atoms with Crippen molar-refractivity contribution in [3.8, 4) is 29.1 Å². The van der Waals surface area contributed by atoms with Crippen LogP contribution in [0.15, 0.2) is 43.1 Å². The fourth-order valence-corrected chi connectivity index (χ4v) is 3.88. The van der Waals surface area contributed by atoms with Crippen LogP contribution in [0, 0.1) is 17.3 Å². The molecule has 4 aromatic heterocycles. The predicted molar refractivity (Wildman–Crippen MR) is 135 cm³/mol. The minimum absolute atomic E-state index is 0.0987. The second kappa shape index (κ2) is 10.4. The molecule has 0 atom stereocenters. The Labute approximate surface area is 225 Å². The Balaban J connectivity index is 1.30. The van der Waals surface area contributed by atoms with E-state index in [0.717, 1.165) is 12.4 Å². The maximum atomic E-state index is 12.8. The van der Waals surface area contributed by atoms with Gasteiger partial charge < -0.3 is 20.5 Å². The van der Waals surface area contributed by atoms with Crippen LogP contribution in [0.5, 0.6) is 5.88 Å². The number of aryl methyl sites for hydroxylation is 1. The summed E-state index contributed by atoms with van der Waals surface area (Å²) in [6.45, 7) is 1.57. The molecule has 0 bridgehead atoms. The highest BCUT2D eigenvalue weighted by Crippen LogP contribution is 2.33. The zero-order valence-electron chi connectivity index (χ0n) is 20.4. The molecule has 5 rings (SSSR count). The van der Waals surface area contributed by atoms with Crippen LogP contribution >= 0.6 is 11.6 Å². The van der Waals surface area contributed by atoms with Crippen LogP contribution in [0.2, 0.25) is 5.15 Å². The maximum absolute atomic E-state index is 12.8. The lowest BCUT2D eigenvalue weighted by molar-refractivity contribution is -0.212. The van der Waals surface area contributed by atoms with Gasteiger partial charge in [-0.15, -0.1) is 13.2 Å². The van der Waals surface area contributed by atoms with E-state index in [4.69, 9.17) is 26.8 Å². The van der Waals surface area contributed by atoms with Crippen molar-refractivity contribution in [2.45, 2.75) is 6.30 Å². The molecule has 5 heterocycles. The molecule has 0 aliphatic carbocycles. The van der Waals surface area contributed by atoms with E-state index in [2.05, 4.69) is 42.3 Å². The van der Waals surface area contributed by atoms with E-state index in [1.807, 2.05) is 0 Å². The van der Waals surface area contributed by atoms with E-state index in [1.54, 1.807) is 36.3 Å². The van der Waals surface area contributed by atoms with Crippen molar-refractivity contribution in [1.29, 1.82) is 0 Å². The highest BCUT2D eigenvalue weighted by molar-refractivity contribution is 6.29. The summed E-state index contributed by atoms with van der Waals surface area (Å²) < 4.78 is 51.6. The van der Waals surface area contributed by atoms with Gasteiger partial charge in [-0.1, -0.05) is 23.4 Å². The lowest BCUT2D eigenvalue weighted by atomic mass is 9.86. The number of halogens is 4. The van der Waals surface area contributed by atoms with Gasteiger partial charge in [0.15, 0.2) is 5.82 Å². The zero-order valence-corrected chi connectivity index (χ0v) is 21.2. The van der Waals surface area contributed by atoms with Crippen LogP contribution in [0.3, 0.4) is 0 Å². The van der Waals surface area contributed by atoms with Crippen LogP contribution in [-0.4, -0.2) is 60.9 Å². The molecule has 0 aromatic carbocycles. The van der Waals surface area contributed by atoms with Gasteiger partial charge in [-0.05, 0) is 12.1 Å². The SMILES string of the molecule is Cn1ncc(-c2nccc(N)n2)c1OCC1(CNc2cc(Cl)ncc2C#Cc2cnn(C(F)(F)F)c2)COC1. The lowest BCUT2D eigenvalue weighted by Gasteiger charge is -2.41. The zero-order chi connectivity index (χ0) is 27.6. The predicted octanol–water partition coefficient (Wildman–Crippen LogP) is 3.09. The van der Waals surface area contributed by atoms with Gasteiger partial charge in [-0.25, -0.2) is 19.6 Å². The van der Waals surface area contributed by atoms with E-state index in [-0.39, 0.29) is 22.0 Å². The Morgan fingerprint density at radius 2 is 2.03 bits per heavy atom. The Bertz CT molecular complexity index is 1550. The second-order valence-electron chi connectivity index (χ2n) is 8.87. The molecule has 202 valence electrons. The molecule has 1 saturated heterocycles. The van der Waals surface area contributed by atoms with Gasteiger partial charge in [0.05, 0.1) is 47.8 Å². The van der Waals surface area contributed by atoms with Crippen LogP contribution in [-0.2, 0) is 18.1 Å². The number of rotatable bonds is 7. The molecule has 0 saturated carbocycles. The van der Waals surface area contributed by atoms with Crippen LogP contribution in [0.1, 0.15) is 11.1 Å². The average Bonchev–Trinajstić information content (AvgIpc) is 3.49. The Hall–Kier alpha value is -4.35. The normalized spacial score (nSPS) is 14.3. The number of anilines is 2. The number of aromatic nitrogens is 7. The molecule has 0 radical (unpaired) electrons. The van der Waals surface area contributed by atoms with Crippen molar-refractivity contribution < 1.29 is 22.6 Å². The first-order valence-corrected chi connectivity index (χ1v) is 11.8. The summed E-state index contributed by atoms with van der Waals surface area (Å²) in [7, 11) is 1.75. The number of nitrogens with one attached hydrogen (secondary N) is 1. The number of hydrogen-bond acceptors (Lipinski definition) is 9. The molecule has 1 aliphatic heterocycles. The Morgan fingerprint density at radius 3 is 2.72 bits per heavy atom. The van der Waals surface area contributed by atoms with Gasteiger partial charge in [0.2, 0.25) is 5.88 Å². The summed E-state index contributed by atoms with van der Waals surface area (Å²) in [6, 6.07) is 3.18. The van der Waals surface area contributed by atoms with Crippen molar-refractivity contribution >= 4 is 23.1 Å². The summed E-state index contributed by atoms with van der Waals surface area (Å²) in [5.74, 6) is 6.71. The average molecular weight is 560 g/mol. The molecule has 3 N–H and O–H groups in total. The molecule has 15 heteroatoms. The van der Waals surface area contributed by atoms with Crippen molar-refractivity contribution in [2.24, 2.45) is 12.5 Å². The number of pyridine rings is 1. The summed E-state index contributed by atoms with van der Waals surface area (Å²) >= 11 is 6.10. The fraction of sp³-hybridized carbons (Fsp3) is 0.292. The monoisotopic (exact) mass is 559 g/mol. The van der Waals surface area contributed by atoms with Gasteiger partial charge in [0, 0.05) is 32.2 Å². The molecule has 0 unspecified atom stereocenters. The van der Waals surface area contributed by atoms with Gasteiger partial charge >= 0.3 is 6.30 Å². The largest absolute Gasteiger partial charge is 0.504 e. The molecule has 0 amide bonds. The summed E-state index contributed by atoms with van der Waals surface area (Å²) in [6.07, 6.45) is 1.84. The molecule has 0 spiro atoms. The van der Waals surface area contributed by atoms with E-state index in [9.17, 15) is 13.2 Å². The van der Waals surface area contributed by atoms with Gasteiger partial charge in [-0.2, -0.15) is 14.9 Å². The van der Waals surface area contributed by atoms with E-state index in [1.165, 1.54) is 6.20 Å². The number of ether oxygens (including phenoxy) is 2. The molecule has 4 aromatic rings. The minimum Gasteiger partial charge on any atom is -0.476 e. The van der Waals surface area contributed by atoms with Crippen molar-refractivity contribution in [3.05, 3.63) is 59.4 Å². The highest BCUT2D eigenvalue weighted by atomic mass is 35.5. The van der Waals surface area contributed by atoms with E-state index < -0.39 is 11.7 Å². The van der Waals surface area contributed by atoms with Crippen molar-refractivity contribution in [1.82, 2.24) is 34.5 Å². The highest BCUT2D eigenvalue weighted by Gasteiger charge is 2.40. The third-order valence-electron chi connectivity index (χ3n) is 5.84. The first kappa shape index (κ1) is 26.3. The molecular weight excluding hydrogens is 539 g/mol.